The van der Waals surface area contributed by atoms with Crippen molar-refractivity contribution in [2.45, 2.75) is 31.1 Å². The molecule has 3 aromatic carbocycles. The van der Waals surface area contributed by atoms with Gasteiger partial charge in [-0.05, 0) is 54.4 Å². The van der Waals surface area contributed by atoms with Crippen LogP contribution in [0.4, 0.5) is 0 Å². The van der Waals surface area contributed by atoms with E-state index in [0.717, 1.165) is 11.1 Å². The highest BCUT2D eigenvalue weighted by Crippen LogP contribution is 2.45. The summed E-state index contributed by atoms with van der Waals surface area (Å²) in [6.07, 6.45) is 0.277. The van der Waals surface area contributed by atoms with Crippen molar-refractivity contribution in [2.75, 3.05) is 52.9 Å². The van der Waals surface area contributed by atoms with Gasteiger partial charge < -0.3 is 14.5 Å². The summed E-state index contributed by atoms with van der Waals surface area (Å²) in [5.74, 6) is 0.165. The molecular formula is C35H37Cl2N7O3. The summed E-state index contributed by atoms with van der Waals surface area (Å²) in [6.45, 7) is 4.60. The van der Waals surface area contributed by atoms with Crippen LogP contribution in [0.15, 0.2) is 66.7 Å². The maximum Gasteiger partial charge on any atom is 0.262 e. The van der Waals surface area contributed by atoms with E-state index in [-0.39, 0.29) is 36.9 Å². The Kier molecular flexibility index (Phi) is 11.0. The fraction of sp³-hybridized carbons (Fsp3) is 0.371. The summed E-state index contributed by atoms with van der Waals surface area (Å²) in [5, 5.41) is 27.1. The lowest BCUT2D eigenvalue weighted by atomic mass is 9.95. The molecule has 10 nitrogen and oxygen atoms in total. The topological polar surface area (TPSA) is 125 Å². The summed E-state index contributed by atoms with van der Waals surface area (Å²) in [5.41, 5.74) is 1.39. The van der Waals surface area contributed by atoms with E-state index in [2.05, 4.69) is 22.8 Å². The molecule has 3 atom stereocenters. The quantitative estimate of drug-likeness (QED) is 0.320. The molecule has 3 aromatic rings. The van der Waals surface area contributed by atoms with E-state index in [1.54, 1.807) is 35.0 Å². The third-order valence-electron chi connectivity index (χ3n) is 8.67. The molecule has 0 radical (unpaired) electrons. The zero-order valence-electron chi connectivity index (χ0n) is 26.4. The predicted molar refractivity (Wildman–Crippen MR) is 180 cm³/mol. The summed E-state index contributed by atoms with van der Waals surface area (Å²) >= 11 is 12.5. The standard InChI is InChI=1S/C35H37Cl2N7O3/c1-3-47-30-21-24(22-39)5-14-29(30)35(34(46)44-19-17-43(18-20-44)23-31(45)42(2)16-4-15-38)40-32(25-6-10-27(36)11-7-25)33(41-35)26-8-12-28(37)13-9-26/h5-14,21,32-33,40-41H,3-4,16-20,23H2,1-2H3/t32-,33+,35?. The number of hydrogen-bond donors (Lipinski definition) is 2. The molecule has 0 spiro atoms. The molecule has 2 aliphatic heterocycles. The lowest BCUT2D eigenvalue weighted by Crippen LogP contribution is -2.62. The molecule has 2 fully saturated rings. The van der Waals surface area contributed by atoms with Crippen LogP contribution in [0.1, 0.15) is 47.7 Å². The minimum atomic E-state index is -1.44. The van der Waals surface area contributed by atoms with E-state index < -0.39 is 5.66 Å². The zero-order chi connectivity index (χ0) is 33.6. The Labute approximate surface area is 285 Å². The Balaban J connectivity index is 1.52. The first-order chi connectivity index (χ1) is 22.7. The number of nitriles is 2. The highest BCUT2D eigenvalue weighted by Gasteiger charge is 2.54. The van der Waals surface area contributed by atoms with Crippen LogP contribution < -0.4 is 15.4 Å². The Morgan fingerprint density at radius 3 is 2.02 bits per heavy atom. The van der Waals surface area contributed by atoms with E-state index in [0.29, 0.717) is 66.3 Å². The van der Waals surface area contributed by atoms with E-state index >= 15 is 0 Å². The largest absolute Gasteiger partial charge is 0.493 e. The number of benzene rings is 3. The van der Waals surface area contributed by atoms with Gasteiger partial charge in [0.15, 0.2) is 5.66 Å². The number of nitrogens with one attached hydrogen (secondary N) is 2. The number of likely N-dealkylation sites (N-methyl/N-ethyl adjacent to an activating group) is 1. The van der Waals surface area contributed by atoms with Crippen LogP contribution >= 0.6 is 23.2 Å². The van der Waals surface area contributed by atoms with Gasteiger partial charge >= 0.3 is 0 Å². The molecule has 5 rings (SSSR count). The highest BCUT2D eigenvalue weighted by atomic mass is 35.5. The van der Waals surface area contributed by atoms with Crippen molar-refractivity contribution in [1.29, 1.82) is 10.5 Å². The third-order valence-corrected chi connectivity index (χ3v) is 9.18. The van der Waals surface area contributed by atoms with Gasteiger partial charge in [-0.2, -0.15) is 10.5 Å². The van der Waals surface area contributed by atoms with Gasteiger partial charge in [0.05, 0.1) is 49.4 Å². The second kappa shape index (κ2) is 15.2. The summed E-state index contributed by atoms with van der Waals surface area (Å²) in [6, 6.07) is 23.7. The molecule has 47 heavy (non-hydrogen) atoms. The van der Waals surface area contributed by atoms with Crippen LogP contribution in [-0.4, -0.2) is 79.4 Å². The number of ether oxygens (including phenoxy) is 1. The van der Waals surface area contributed by atoms with Crippen LogP contribution in [0.2, 0.25) is 10.0 Å². The second-order valence-corrected chi connectivity index (χ2v) is 12.5. The highest BCUT2D eigenvalue weighted by molar-refractivity contribution is 6.30. The summed E-state index contributed by atoms with van der Waals surface area (Å²) < 4.78 is 6.07. The predicted octanol–water partition coefficient (Wildman–Crippen LogP) is 4.61. The first-order valence-corrected chi connectivity index (χ1v) is 16.3. The monoisotopic (exact) mass is 673 g/mol. The van der Waals surface area contributed by atoms with Gasteiger partial charge in [0.1, 0.15) is 5.75 Å². The molecule has 2 aliphatic rings. The Bertz CT molecular complexity index is 1610. The maximum atomic E-state index is 15.0. The van der Waals surface area contributed by atoms with E-state index in [9.17, 15) is 14.9 Å². The Hall–Kier alpha value is -4.16. The lowest BCUT2D eigenvalue weighted by molar-refractivity contribution is -0.142. The van der Waals surface area contributed by atoms with Gasteiger partial charge in [0.25, 0.3) is 5.91 Å². The van der Waals surface area contributed by atoms with Gasteiger partial charge in [-0.15, -0.1) is 0 Å². The normalized spacial score (nSPS) is 21.1. The van der Waals surface area contributed by atoms with E-state index in [4.69, 9.17) is 33.2 Å². The van der Waals surface area contributed by atoms with Crippen molar-refractivity contribution in [2.24, 2.45) is 0 Å². The molecule has 0 bridgehead atoms. The van der Waals surface area contributed by atoms with Crippen LogP contribution in [0.25, 0.3) is 0 Å². The van der Waals surface area contributed by atoms with Gasteiger partial charge in [0, 0.05) is 55.4 Å². The van der Waals surface area contributed by atoms with E-state index in [1.165, 1.54) is 0 Å². The van der Waals surface area contributed by atoms with Crippen molar-refractivity contribution in [3.63, 3.8) is 0 Å². The molecular weight excluding hydrogens is 637 g/mol. The van der Waals surface area contributed by atoms with Gasteiger partial charge in [-0.3, -0.25) is 25.1 Å². The number of halogens is 2. The fourth-order valence-corrected chi connectivity index (χ4v) is 6.39. The number of nitrogens with zero attached hydrogens (tertiary/aromatic N) is 5. The Morgan fingerprint density at radius 2 is 1.51 bits per heavy atom. The number of carbonyl (C=O) groups excluding carboxylic acids is 2. The average molecular weight is 675 g/mol. The molecule has 0 saturated carbocycles. The van der Waals surface area contributed by atoms with Crippen LogP contribution in [0.3, 0.4) is 0 Å². The van der Waals surface area contributed by atoms with Crippen LogP contribution in [0, 0.1) is 22.7 Å². The van der Waals surface area contributed by atoms with Gasteiger partial charge in [-0.1, -0.05) is 53.5 Å². The average Bonchev–Trinajstić information content (AvgIpc) is 3.49. The minimum Gasteiger partial charge on any atom is -0.493 e. The van der Waals surface area contributed by atoms with Gasteiger partial charge in [-0.25, -0.2) is 0 Å². The second-order valence-electron chi connectivity index (χ2n) is 11.6. The number of hydrogen-bond acceptors (Lipinski definition) is 8. The number of carbonyl (C=O) groups is 2. The molecule has 0 aromatic heterocycles. The first kappa shape index (κ1) is 34.2. The van der Waals surface area contributed by atoms with E-state index in [1.807, 2.05) is 60.4 Å². The number of rotatable bonds is 10. The van der Waals surface area contributed by atoms with Crippen molar-refractivity contribution >= 4 is 35.0 Å². The number of amides is 2. The van der Waals surface area contributed by atoms with Crippen LogP contribution in [-0.2, 0) is 15.3 Å². The lowest BCUT2D eigenvalue weighted by Gasteiger charge is -2.40. The molecule has 2 N–H and O–H groups in total. The molecule has 1 unspecified atom stereocenters. The molecule has 12 heteroatoms. The molecule has 2 saturated heterocycles. The zero-order valence-corrected chi connectivity index (χ0v) is 27.9. The molecule has 244 valence electrons. The maximum absolute atomic E-state index is 15.0. The molecule has 0 aliphatic carbocycles. The van der Waals surface area contributed by atoms with Crippen molar-refractivity contribution in [1.82, 2.24) is 25.3 Å². The molecule has 2 heterocycles. The third kappa shape index (κ3) is 7.54. The molecule has 2 amide bonds. The Morgan fingerprint density at radius 1 is 0.936 bits per heavy atom. The first-order valence-electron chi connectivity index (χ1n) is 15.6. The van der Waals surface area contributed by atoms with Crippen molar-refractivity contribution < 1.29 is 14.3 Å². The van der Waals surface area contributed by atoms with Gasteiger partial charge in [0.2, 0.25) is 5.91 Å². The minimum absolute atomic E-state index is 0.0637. The SMILES string of the molecule is CCOc1cc(C#N)ccc1C1(C(=O)N2CCN(CC(=O)N(C)CCC#N)CC2)N[C@H](c2ccc(Cl)cc2)[C@H](c2ccc(Cl)cc2)N1. The summed E-state index contributed by atoms with van der Waals surface area (Å²) in [7, 11) is 1.70. The summed E-state index contributed by atoms with van der Waals surface area (Å²) in [4.78, 5) is 33.1. The van der Waals surface area contributed by atoms with Crippen LogP contribution in [0.5, 0.6) is 5.75 Å². The van der Waals surface area contributed by atoms with Crippen molar-refractivity contribution in [3.8, 4) is 17.9 Å². The van der Waals surface area contributed by atoms with Crippen molar-refractivity contribution in [3.05, 3.63) is 99.0 Å². The number of piperazine rings is 1. The fourth-order valence-electron chi connectivity index (χ4n) is 6.14. The smallest absolute Gasteiger partial charge is 0.262 e.